The number of hydrogen-bond acceptors (Lipinski definition) is 3. The molecule has 0 aliphatic carbocycles. The van der Waals surface area contributed by atoms with Crippen LogP contribution in [0.4, 0.5) is 14.5 Å². The van der Waals surface area contributed by atoms with Gasteiger partial charge in [0, 0.05) is 17.3 Å². The van der Waals surface area contributed by atoms with Crippen molar-refractivity contribution in [2.24, 2.45) is 0 Å². The Morgan fingerprint density at radius 1 is 1.18 bits per heavy atom. The minimum absolute atomic E-state index is 0.0591. The number of carbonyl (C=O) groups is 1. The summed E-state index contributed by atoms with van der Waals surface area (Å²) < 4.78 is 27.3. The van der Waals surface area contributed by atoms with Gasteiger partial charge in [-0.25, -0.2) is 13.8 Å². The summed E-state index contributed by atoms with van der Waals surface area (Å²) in [4.78, 5) is 16.5. The van der Waals surface area contributed by atoms with E-state index in [1.165, 1.54) is 0 Å². The van der Waals surface area contributed by atoms with Gasteiger partial charge in [-0.2, -0.15) is 0 Å². The van der Waals surface area contributed by atoms with Crippen LogP contribution in [-0.4, -0.2) is 10.9 Å². The standard InChI is InChI=1S/C16H12F2N2OS/c1-2-15-20-13-4-3-12(8-14(13)22-15)19-16(21)9-5-10(17)7-11(18)6-9/h3-8H,2H2,1H3,(H,19,21). The quantitative estimate of drug-likeness (QED) is 0.778. The Morgan fingerprint density at radius 3 is 2.59 bits per heavy atom. The SMILES string of the molecule is CCc1nc2ccc(NC(=O)c3cc(F)cc(F)c3)cc2s1. The molecule has 1 heterocycles. The first-order chi connectivity index (χ1) is 10.5. The second-order valence-corrected chi connectivity index (χ2v) is 5.87. The van der Waals surface area contributed by atoms with Gasteiger partial charge in [0.2, 0.25) is 0 Å². The molecule has 0 unspecified atom stereocenters. The number of amides is 1. The number of benzene rings is 2. The fourth-order valence-electron chi connectivity index (χ4n) is 2.09. The summed E-state index contributed by atoms with van der Waals surface area (Å²) in [5.41, 5.74) is 1.38. The van der Waals surface area contributed by atoms with Crippen LogP contribution in [0.1, 0.15) is 22.3 Å². The Bertz CT molecular complexity index is 840. The summed E-state index contributed by atoms with van der Waals surface area (Å²) in [6.07, 6.45) is 0.851. The van der Waals surface area contributed by atoms with Gasteiger partial charge in [0.15, 0.2) is 0 Å². The van der Waals surface area contributed by atoms with Crippen LogP contribution in [0.2, 0.25) is 0 Å². The lowest BCUT2D eigenvalue weighted by Crippen LogP contribution is -2.12. The average molecular weight is 318 g/mol. The summed E-state index contributed by atoms with van der Waals surface area (Å²) in [6.45, 7) is 2.03. The summed E-state index contributed by atoms with van der Waals surface area (Å²) >= 11 is 1.56. The highest BCUT2D eigenvalue weighted by Crippen LogP contribution is 2.26. The summed E-state index contributed by atoms with van der Waals surface area (Å²) in [5, 5.41) is 3.66. The molecule has 1 amide bonds. The molecule has 0 atom stereocenters. The Labute approximate surface area is 129 Å². The molecule has 0 spiro atoms. The predicted octanol–water partition coefficient (Wildman–Crippen LogP) is 4.39. The van der Waals surface area contributed by atoms with Crippen LogP contribution in [-0.2, 0) is 6.42 Å². The van der Waals surface area contributed by atoms with Crippen molar-refractivity contribution in [2.75, 3.05) is 5.32 Å². The van der Waals surface area contributed by atoms with E-state index in [4.69, 9.17) is 0 Å². The molecule has 0 radical (unpaired) electrons. The normalized spacial score (nSPS) is 10.9. The molecule has 112 valence electrons. The molecule has 1 aromatic heterocycles. The van der Waals surface area contributed by atoms with Gasteiger partial charge in [-0.15, -0.1) is 11.3 Å². The molecule has 3 nitrogen and oxygen atoms in total. The summed E-state index contributed by atoms with van der Waals surface area (Å²) in [7, 11) is 0. The number of nitrogens with one attached hydrogen (secondary N) is 1. The first-order valence-electron chi connectivity index (χ1n) is 6.72. The number of fused-ring (bicyclic) bond motifs is 1. The molecule has 0 bridgehead atoms. The van der Waals surface area contributed by atoms with E-state index in [1.54, 1.807) is 23.5 Å². The van der Waals surface area contributed by atoms with E-state index in [1.807, 2.05) is 13.0 Å². The average Bonchev–Trinajstić information content (AvgIpc) is 2.88. The zero-order chi connectivity index (χ0) is 15.7. The number of anilines is 1. The second-order valence-electron chi connectivity index (χ2n) is 4.76. The van der Waals surface area contributed by atoms with Crippen molar-refractivity contribution < 1.29 is 13.6 Å². The maximum Gasteiger partial charge on any atom is 0.255 e. The molecule has 22 heavy (non-hydrogen) atoms. The van der Waals surface area contributed by atoms with Crippen molar-refractivity contribution in [1.29, 1.82) is 0 Å². The molecule has 0 saturated carbocycles. The van der Waals surface area contributed by atoms with E-state index in [0.717, 1.165) is 39.8 Å². The van der Waals surface area contributed by atoms with E-state index >= 15 is 0 Å². The van der Waals surface area contributed by atoms with Gasteiger partial charge in [-0.3, -0.25) is 4.79 Å². The van der Waals surface area contributed by atoms with Gasteiger partial charge in [-0.1, -0.05) is 6.92 Å². The van der Waals surface area contributed by atoms with Crippen molar-refractivity contribution in [1.82, 2.24) is 4.98 Å². The largest absolute Gasteiger partial charge is 0.322 e. The van der Waals surface area contributed by atoms with Crippen LogP contribution >= 0.6 is 11.3 Å². The third-order valence-corrected chi connectivity index (χ3v) is 4.28. The lowest BCUT2D eigenvalue weighted by Gasteiger charge is -2.05. The van der Waals surface area contributed by atoms with Gasteiger partial charge in [0.1, 0.15) is 11.6 Å². The van der Waals surface area contributed by atoms with Crippen molar-refractivity contribution in [3.8, 4) is 0 Å². The highest BCUT2D eigenvalue weighted by molar-refractivity contribution is 7.18. The van der Waals surface area contributed by atoms with Gasteiger partial charge in [0.05, 0.1) is 15.2 Å². The van der Waals surface area contributed by atoms with E-state index in [0.29, 0.717) is 5.69 Å². The number of rotatable bonds is 3. The fourth-order valence-corrected chi connectivity index (χ4v) is 3.04. The monoisotopic (exact) mass is 318 g/mol. The summed E-state index contributed by atoms with van der Waals surface area (Å²) in [5.74, 6) is -2.12. The van der Waals surface area contributed by atoms with Crippen LogP contribution < -0.4 is 5.32 Å². The maximum absolute atomic E-state index is 13.2. The molecule has 0 aliphatic rings. The number of aryl methyl sites for hydroxylation is 1. The first-order valence-corrected chi connectivity index (χ1v) is 7.53. The highest BCUT2D eigenvalue weighted by atomic mass is 32.1. The molecule has 3 aromatic rings. The van der Waals surface area contributed by atoms with Crippen LogP contribution in [0.25, 0.3) is 10.2 Å². The van der Waals surface area contributed by atoms with Gasteiger partial charge in [-0.05, 0) is 36.8 Å². The molecule has 1 N–H and O–H groups in total. The molecule has 0 fully saturated rings. The molecule has 3 rings (SSSR count). The topological polar surface area (TPSA) is 42.0 Å². The van der Waals surface area contributed by atoms with Crippen molar-refractivity contribution in [2.45, 2.75) is 13.3 Å². The van der Waals surface area contributed by atoms with Crippen molar-refractivity contribution in [3.63, 3.8) is 0 Å². The zero-order valence-corrected chi connectivity index (χ0v) is 12.5. The van der Waals surface area contributed by atoms with Gasteiger partial charge < -0.3 is 5.32 Å². The Hall–Kier alpha value is -2.34. The second kappa shape index (κ2) is 5.81. The Morgan fingerprint density at radius 2 is 1.91 bits per heavy atom. The van der Waals surface area contributed by atoms with E-state index in [9.17, 15) is 13.6 Å². The lowest BCUT2D eigenvalue weighted by molar-refractivity contribution is 0.102. The van der Waals surface area contributed by atoms with Crippen LogP contribution in [0.15, 0.2) is 36.4 Å². The van der Waals surface area contributed by atoms with E-state index < -0.39 is 17.5 Å². The van der Waals surface area contributed by atoms with Crippen LogP contribution in [0.5, 0.6) is 0 Å². The van der Waals surface area contributed by atoms with Crippen molar-refractivity contribution >= 4 is 33.1 Å². The summed E-state index contributed by atoms with van der Waals surface area (Å²) in [6, 6.07) is 8.06. The maximum atomic E-state index is 13.2. The molecular formula is C16H12F2N2OS. The number of hydrogen-bond donors (Lipinski definition) is 1. The molecule has 0 aliphatic heterocycles. The third-order valence-electron chi connectivity index (χ3n) is 3.12. The van der Waals surface area contributed by atoms with E-state index in [2.05, 4.69) is 10.3 Å². The smallest absolute Gasteiger partial charge is 0.255 e. The minimum atomic E-state index is -0.782. The number of carbonyl (C=O) groups excluding carboxylic acids is 1. The number of thiazole rings is 1. The number of aromatic nitrogens is 1. The Kier molecular flexibility index (Phi) is 3.85. The first kappa shape index (κ1) is 14.6. The van der Waals surface area contributed by atoms with Gasteiger partial charge >= 0.3 is 0 Å². The fraction of sp³-hybridized carbons (Fsp3) is 0.125. The lowest BCUT2D eigenvalue weighted by atomic mass is 10.2. The molecule has 2 aromatic carbocycles. The molecule has 0 saturated heterocycles. The minimum Gasteiger partial charge on any atom is -0.322 e. The van der Waals surface area contributed by atoms with Crippen LogP contribution in [0.3, 0.4) is 0 Å². The van der Waals surface area contributed by atoms with Crippen molar-refractivity contribution in [3.05, 3.63) is 58.6 Å². The number of halogens is 2. The molecule has 6 heteroatoms. The third kappa shape index (κ3) is 2.96. The van der Waals surface area contributed by atoms with Crippen LogP contribution in [0, 0.1) is 11.6 Å². The van der Waals surface area contributed by atoms with E-state index in [-0.39, 0.29) is 5.56 Å². The number of nitrogens with zero attached hydrogens (tertiary/aromatic N) is 1. The van der Waals surface area contributed by atoms with Gasteiger partial charge in [0.25, 0.3) is 5.91 Å². The zero-order valence-electron chi connectivity index (χ0n) is 11.7. The highest BCUT2D eigenvalue weighted by Gasteiger charge is 2.10. The Balaban J connectivity index is 1.87. The predicted molar refractivity (Wildman–Crippen MR) is 83.3 cm³/mol. The molecular weight excluding hydrogens is 306 g/mol.